The molecule has 1 N–H and O–H groups in total. The molecule has 0 amide bonds. The molecule has 1 aromatic heterocycles. The number of nitrogens with one attached hydrogen (secondary N) is 1. The van der Waals surface area contributed by atoms with E-state index >= 15 is 0 Å². The molecule has 1 unspecified atom stereocenters. The van der Waals surface area contributed by atoms with E-state index < -0.39 is 0 Å². The van der Waals surface area contributed by atoms with Crippen molar-refractivity contribution in [2.24, 2.45) is 0 Å². The first-order chi connectivity index (χ1) is 9.69. The predicted octanol–water partition coefficient (Wildman–Crippen LogP) is 4.24. The number of halogens is 1. The Bertz CT molecular complexity index is 621. The number of aryl methyl sites for hydroxylation is 2. The van der Waals surface area contributed by atoms with Crippen LogP contribution >= 0.6 is 11.3 Å². The predicted molar refractivity (Wildman–Crippen MR) is 81.6 cm³/mol. The molecule has 20 heavy (non-hydrogen) atoms. The van der Waals surface area contributed by atoms with Crippen molar-refractivity contribution in [3.8, 4) is 10.6 Å². The van der Waals surface area contributed by atoms with Gasteiger partial charge in [0.1, 0.15) is 10.8 Å². The lowest BCUT2D eigenvalue weighted by Crippen LogP contribution is -2.23. The van der Waals surface area contributed by atoms with Crippen molar-refractivity contribution >= 4 is 11.3 Å². The van der Waals surface area contributed by atoms with Gasteiger partial charge in [0, 0.05) is 16.5 Å². The Morgan fingerprint density at radius 1 is 1.45 bits per heavy atom. The number of thiazole rings is 1. The van der Waals surface area contributed by atoms with E-state index in [1.807, 2.05) is 13.0 Å². The number of nitrogens with zero attached hydrogens (tertiary/aromatic N) is 1. The maximum atomic E-state index is 13.5. The first kappa shape index (κ1) is 13.7. The van der Waals surface area contributed by atoms with Gasteiger partial charge in [-0.25, -0.2) is 9.37 Å². The summed E-state index contributed by atoms with van der Waals surface area (Å²) >= 11 is 1.72. The van der Waals surface area contributed by atoms with E-state index in [1.165, 1.54) is 29.5 Å². The third-order valence-electron chi connectivity index (χ3n) is 3.83. The maximum Gasteiger partial charge on any atom is 0.124 e. The zero-order valence-corrected chi connectivity index (χ0v) is 12.7. The molecule has 0 spiro atoms. The Morgan fingerprint density at radius 3 is 3.10 bits per heavy atom. The van der Waals surface area contributed by atoms with Gasteiger partial charge in [0.2, 0.25) is 0 Å². The van der Waals surface area contributed by atoms with Gasteiger partial charge in [-0.3, -0.25) is 0 Å². The quantitative estimate of drug-likeness (QED) is 0.914. The van der Waals surface area contributed by atoms with Crippen LogP contribution in [0.25, 0.3) is 10.6 Å². The van der Waals surface area contributed by atoms with Crippen molar-refractivity contribution in [2.75, 3.05) is 6.54 Å². The number of hydrogen-bond acceptors (Lipinski definition) is 3. The van der Waals surface area contributed by atoms with Crippen LogP contribution in [0.15, 0.2) is 18.2 Å². The van der Waals surface area contributed by atoms with Crippen LogP contribution < -0.4 is 5.32 Å². The van der Waals surface area contributed by atoms with Crippen LogP contribution in [0.1, 0.15) is 41.9 Å². The molecule has 0 radical (unpaired) electrons. The molecule has 1 aliphatic carbocycles. The van der Waals surface area contributed by atoms with E-state index in [2.05, 4.69) is 12.2 Å². The zero-order chi connectivity index (χ0) is 14.1. The highest BCUT2D eigenvalue weighted by molar-refractivity contribution is 7.15. The number of benzene rings is 1. The number of rotatable bonds is 3. The van der Waals surface area contributed by atoms with Crippen LogP contribution in [-0.2, 0) is 6.42 Å². The smallest absolute Gasteiger partial charge is 0.124 e. The molecule has 0 saturated carbocycles. The molecule has 0 bridgehead atoms. The summed E-state index contributed by atoms with van der Waals surface area (Å²) in [5.74, 6) is -0.193. The van der Waals surface area contributed by atoms with E-state index in [0.29, 0.717) is 6.04 Å². The molecular formula is C16H19FN2S. The molecule has 0 saturated heterocycles. The Labute approximate surface area is 123 Å². The molecule has 4 heteroatoms. The van der Waals surface area contributed by atoms with Gasteiger partial charge in [-0.15, -0.1) is 11.3 Å². The van der Waals surface area contributed by atoms with E-state index in [0.717, 1.165) is 29.1 Å². The standard InChI is InChI=1S/C16H19FN2S/c1-3-18-13-5-4-6-14-15(13)20-16(19-14)12-9-11(17)8-7-10(12)2/h7-9,13,18H,3-6H2,1-2H3. The van der Waals surface area contributed by atoms with Crippen LogP contribution in [0.2, 0.25) is 0 Å². The summed E-state index contributed by atoms with van der Waals surface area (Å²) in [6.07, 6.45) is 3.39. The van der Waals surface area contributed by atoms with Gasteiger partial charge in [-0.1, -0.05) is 13.0 Å². The zero-order valence-electron chi connectivity index (χ0n) is 11.9. The molecule has 2 aromatic rings. The molecule has 1 atom stereocenters. The lowest BCUT2D eigenvalue weighted by atomic mass is 9.98. The average molecular weight is 290 g/mol. The topological polar surface area (TPSA) is 24.9 Å². The minimum absolute atomic E-state index is 0.193. The summed E-state index contributed by atoms with van der Waals surface area (Å²) in [6, 6.07) is 5.35. The van der Waals surface area contributed by atoms with Gasteiger partial charge < -0.3 is 5.32 Å². The monoisotopic (exact) mass is 290 g/mol. The highest BCUT2D eigenvalue weighted by Crippen LogP contribution is 2.38. The molecule has 1 aliphatic rings. The SMILES string of the molecule is CCNC1CCCc2nc(-c3cc(F)ccc3C)sc21. The second-order valence-corrected chi connectivity index (χ2v) is 6.32. The van der Waals surface area contributed by atoms with E-state index in [4.69, 9.17) is 4.98 Å². The van der Waals surface area contributed by atoms with Crippen LogP contribution in [0.4, 0.5) is 4.39 Å². The third-order valence-corrected chi connectivity index (χ3v) is 5.08. The van der Waals surface area contributed by atoms with Crippen LogP contribution in [0, 0.1) is 12.7 Å². The fourth-order valence-electron chi connectivity index (χ4n) is 2.80. The highest BCUT2D eigenvalue weighted by Gasteiger charge is 2.24. The lowest BCUT2D eigenvalue weighted by Gasteiger charge is -2.21. The van der Waals surface area contributed by atoms with Gasteiger partial charge in [-0.2, -0.15) is 0 Å². The fourth-order valence-corrected chi connectivity index (χ4v) is 4.10. The normalized spacial score (nSPS) is 18.1. The molecule has 0 aliphatic heterocycles. The van der Waals surface area contributed by atoms with Crippen LogP contribution in [-0.4, -0.2) is 11.5 Å². The van der Waals surface area contributed by atoms with Gasteiger partial charge in [0.05, 0.1) is 5.69 Å². The summed E-state index contributed by atoms with van der Waals surface area (Å²) in [4.78, 5) is 6.11. The minimum Gasteiger partial charge on any atom is -0.309 e. The number of hydrogen-bond donors (Lipinski definition) is 1. The third kappa shape index (κ3) is 2.50. The van der Waals surface area contributed by atoms with Crippen molar-refractivity contribution < 1.29 is 4.39 Å². The second-order valence-electron chi connectivity index (χ2n) is 5.29. The van der Waals surface area contributed by atoms with Crippen LogP contribution in [0.5, 0.6) is 0 Å². The van der Waals surface area contributed by atoms with Crippen molar-refractivity contribution in [3.63, 3.8) is 0 Å². The Morgan fingerprint density at radius 2 is 2.30 bits per heavy atom. The minimum atomic E-state index is -0.193. The first-order valence-corrected chi connectivity index (χ1v) is 8.00. The lowest BCUT2D eigenvalue weighted by molar-refractivity contribution is 0.476. The fraction of sp³-hybridized carbons (Fsp3) is 0.438. The van der Waals surface area contributed by atoms with E-state index in [9.17, 15) is 4.39 Å². The Hall–Kier alpha value is -1.26. The summed E-state index contributed by atoms with van der Waals surface area (Å²) in [7, 11) is 0. The first-order valence-electron chi connectivity index (χ1n) is 7.18. The molecule has 1 heterocycles. The Balaban J connectivity index is 2.02. The molecule has 2 nitrogen and oxygen atoms in total. The van der Waals surface area contributed by atoms with E-state index in [-0.39, 0.29) is 5.82 Å². The highest BCUT2D eigenvalue weighted by atomic mass is 32.1. The summed E-state index contributed by atoms with van der Waals surface area (Å²) in [5.41, 5.74) is 3.21. The molecule has 3 rings (SSSR count). The maximum absolute atomic E-state index is 13.5. The molecule has 106 valence electrons. The molecular weight excluding hydrogens is 271 g/mol. The number of fused-ring (bicyclic) bond motifs is 1. The van der Waals surface area contributed by atoms with Crippen LogP contribution in [0.3, 0.4) is 0 Å². The van der Waals surface area contributed by atoms with Crippen molar-refractivity contribution in [2.45, 2.75) is 39.2 Å². The van der Waals surface area contributed by atoms with Crippen molar-refractivity contribution in [3.05, 3.63) is 40.2 Å². The summed E-state index contributed by atoms with van der Waals surface area (Å²) < 4.78 is 13.5. The van der Waals surface area contributed by atoms with Gasteiger partial charge in [0.15, 0.2) is 0 Å². The van der Waals surface area contributed by atoms with Gasteiger partial charge >= 0.3 is 0 Å². The summed E-state index contributed by atoms with van der Waals surface area (Å²) in [5, 5.41) is 4.48. The van der Waals surface area contributed by atoms with Gasteiger partial charge in [-0.05, 0) is 50.4 Å². The average Bonchev–Trinajstić information content (AvgIpc) is 2.87. The molecule has 1 aromatic carbocycles. The molecule has 0 fully saturated rings. The van der Waals surface area contributed by atoms with E-state index in [1.54, 1.807) is 17.4 Å². The largest absolute Gasteiger partial charge is 0.309 e. The second kappa shape index (κ2) is 5.62. The van der Waals surface area contributed by atoms with Crippen molar-refractivity contribution in [1.82, 2.24) is 10.3 Å². The van der Waals surface area contributed by atoms with Gasteiger partial charge in [0.25, 0.3) is 0 Å². The summed E-state index contributed by atoms with van der Waals surface area (Å²) in [6.45, 7) is 5.11. The van der Waals surface area contributed by atoms with Crippen molar-refractivity contribution in [1.29, 1.82) is 0 Å². The number of aromatic nitrogens is 1. The Kier molecular flexibility index (Phi) is 3.85.